The Morgan fingerprint density at radius 2 is 2.28 bits per heavy atom. The molecular weight excluding hydrogens is 250 g/mol. The number of nitrogens with zero attached hydrogens (tertiary/aromatic N) is 2. The molecule has 1 aliphatic rings. The number of nitrogens with one attached hydrogen (secondary N) is 1. The molecule has 0 spiro atoms. The number of aliphatic imine (C=N–C) groups is 1. The van der Waals surface area contributed by atoms with E-state index in [1.54, 1.807) is 6.21 Å². The fourth-order valence-corrected chi connectivity index (χ4v) is 1.88. The Bertz CT molecular complexity index is 483. The van der Waals surface area contributed by atoms with Crippen molar-refractivity contribution < 1.29 is 9.53 Å². The fraction of sp³-hybridized carbons (Fsp3) is 0.250. The van der Waals surface area contributed by atoms with Crippen LogP contribution in [0.3, 0.4) is 0 Å². The van der Waals surface area contributed by atoms with E-state index < -0.39 is 0 Å². The second-order valence-electron chi connectivity index (χ2n) is 3.48. The second-order valence-corrected chi connectivity index (χ2v) is 4.42. The summed E-state index contributed by atoms with van der Waals surface area (Å²) in [7, 11) is 0. The van der Waals surface area contributed by atoms with Crippen molar-refractivity contribution in [2.24, 2.45) is 10.1 Å². The van der Waals surface area contributed by atoms with E-state index >= 15 is 0 Å². The van der Waals surface area contributed by atoms with Crippen LogP contribution in [-0.2, 0) is 4.79 Å². The van der Waals surface area contributed by atoms with Crippen LogP contribution in [0, 0.1) is 0 Å². The molecule has 1 N–H and O–H groups in total. The highest BCUT2D eigenvalue weighted by Crippen LogP contribution is 2.12. The van der Waals surface area contributed by atoms with Gasteiger partial charge >= 0.3 is 0 Å². The summed E-state index contributed by atoms with van der Waals surface area (Å²) in [4.78, 5) is 15.1. The zero-order chi connectivity index (χ0) is 12.8. The third-order valence-corrected chi connectivity index (χ3v) is 2.99. The first kappa shape index (κ1) is 12.6. The lowest BCUT2D eigenvalue weighted by molar-refractivity contribution is -0.118. The fourth-order valence-electron chi connectivity index (χ4n) is 1.32. The number of amides is 1. The minimum absolute atomic E-state index is 0.0972. The highest BCUT2D eigenvalue weighted by atomic mass is 32.2. The average Bonchev–Trinajstić information content (AvgIpc) is 2.40. The van der Waals surface area contributed by atoms with Gasteiger partial charge in [-0.25, -0.2) is 10.4 Å². The number of carbonyl (C=O) groups excluding carboxylic acids is 1. The van der Waals surface area contributed by atoms with Crippen molar-refractivity contribution in [3.05, 3.63) is 29.8 Å². The van der Waals surface area contributed by atoms with Gasteiger partial charge in [0.05, 0.1) is 12.4 Å². The molecule has 1 heterocycles. The maximum absolute atomic E-state index is 10.9. The summed E-state index contributed by atoms with van der Waals surface area (Å²) < 4.78 is 5.35. The Hall–Kier alpha value is -1.82. The first-order chi connectivity index (χ1) is 8.78. The van der Waals surface area contributed by atoms with Crippen LogP contribution in [0.15, 0.2) is 34.4 Å². The monoisotopic (exact) mass is 263 g/mol. The minimum atomic E-state index is -0.0972. The smallest absolute Gasteiger partial charge is 0.250 e. The molecule has 1 amide bonds. The predicted molar refractivity (Wildman–Crippen MR) is 73.2 cm³/mol. The molecule has 0 radical (unpaired) electrons. The van der Waals surface area contributed by atoms with Gasteiger partial charge in [0.1, 0.15) is 5.75 Å². The number of amidine groups is 1. The molecule has 1 aliphatic heterocycles. The van der Waals surface area contributed by atoms with Gasteiger partial charge in [0.25, 0.3) is 5.91 Å². The number of benzene rings is 1. The Kier molecular flexibility index (Phi) is 4.35. The van der Waals surface area contributed by atoms with Gasteiger partial charge in [-0.05, 0) is 36.8 Å². The molecule has 0 fully saturated rings. The highest BCUT2D eigenvalue weighted by Gasteiger charge is 2.10. The molecule has 0 bridgehead atoms. The molecule has 0 unspecified atom stereocenters. The largest absolute Gasteiger partial charge is 0.494 e. The number of hydrogen-bond acceptors (Lipinski definition) is 5. The molecule has 0 saturated carbocycles. The van der Waals surface area contributed by atoms with Crippen molar-refractivity contribution >= 4 is 29.1 Å². The molecule has 1 aromatic carbocycles. The van der Waals surface area contributed by atoms with Crippen molar-refractivity contribution in [3.8, 4) is 5.75 Å². The molecular formula is C12H13N3O2S. The van der Waals surface area contributed by atoms with Crippen molar-refractivity contribution in [1.29, 1.82) is 0 Å². The van der Waals surface area contributed by atoms with Crippen LogP contribution < -0.4 is 10.2 Å². The van der Waals surface area contributed by atoms with E-state index in [4.69, 9.17) is 4.74 Å². The van der Waals surface area contributed by atoms with Gasteiger partial charge < -0.3 is 4.74 Å². The molecule has 5 nitrogen and oxygen atoms in total. The standard InChI is InChI=1S/C12H13N3O2S/c1-2-17-10-5-3-9(4-6-10)7-13-12-15-14-11(16)8-18-12/h3-7H,2,8H2,1H3,(H,14,16)/b13-7+. The lowest BCUT2D eigenvalue weighted by atomic mass is 10.2. The van der Waals surface area contributed by atoms with Crippen molar-refractivity contribution in [3.63, 3.8) is 0 Å². The molecule has 6 heteroatoms. The SMILES string of the molecule is CCOc1ccc(/C=N/C2=NNC(=O)CS2)cc1. The summed E-state index contributed by atoms with van der Waals surface area (Å²) in [5, 5.41) is 4.39. The Labute approximate surface area is 109 Å². The summed E-state index contributed by atoms with van der Waals surface area (Å²) in [6.07, 6.45) is 1.71. The van der Waals surface area contributed by atoms with Crippen LogP contribution in [0.2, 0.25) is 0 Å². The number of thioether (sulfide) groups is 1. The van der Waals surface area contributed by atoms with Crippen LogP contribution in [0.25, 0.3) is 0 Å². The number of ether oxygens (including phenoxy) is 1. The third-order valence-electron chi connectivity index (χ3n) is 2.12. The predicted octanol–water partition coefficient (Wildman–Crippen LogP) is 1.64. The lowest BCUT2D eigenvalue weighted by Crippen LogP contribution is -2.25. The van der Waals surface area contributed by atoms with Gasteiger partial charge in [-0.2, -0.15) is 0 Å². The maximum Gasteiger partial charge on any atom is 0.250 e. The molecule has 0 aliphatic carbocycles. The number of hydrogen-bond donors (Lipinski definition) is 1. The first-order valence-corrected chi connectivity index (χ1v) is 6.53. The maximum atomic E-state index is 10.9. The molecule has 0 aromatic heterocycles. The van der Waals surface area contributed by atoms with Gasteiger partial charge in [0.15, 0.2) is 0 Å². The van der Waals surface area contributed by atoms with E-state index in [1.807, 2.05) is 31.2 Å². The van der Waals surface area contributed by atoms with E-state index in [1.165, 1.54) is 11.8 Å². The van der Waals surface area contributed by atoms with Gasteiger partial charge in [0, 0.05) is 6.21 Å². The normalized spacial score (nSPS) is 15.4. The van der Waals surface area contributed by atoms with Gasteiger partial charge in [-0.3, -0.25) is 4.79 Å². The van der Waals surface area contributed by atoms with Crippen LogP contribution >= 0.6 is 11.8 Å². The van der Waals surface area contributed by atoms with Crippen LogP contribution in [0.5, 0.6) is 5.75 Å². The van der Waals surface area contributed by atoms with E-state index in [9.17, 15) is 4.79 Å². The molecule has 0 atom stereocenters. The molecule has 2 rings (SSSR count). The number of carbonyl (C=O) groups is 1. The van der Waals surface area contributed by atoms with E-state index in [0.29, 0.717) is 17.5 Å². The Morgan fingerprint density at radius 3 is 2.89 bits per heavy atom. The van der Waals surface area contributed by atoms with Crippen molar-refractivity contribution in [2.75, 3.05) is 12.4 Å². The number of rotatable bonds is 3. The molecule has 0 saturated heterocycles. The molecule has 18 heavy (non-hydrogen) atoms. The first-order valence-electron chi connectivity index (χ1n) is 5.54. The van der Waals surface area contributed by atoms with E-state index in [-0.39, 0.29) is 5.91 Å². The Balaban J connectivity index is 1.98. The van der Waals surface area contributed by atoms with Gasteiger partial charge in [-0.15, -0.1) is 5.10 Å². The van der Waals surface area contributed by atoms with Crippen LogP contribution in [0.1, 0.15) is 12.5 Å². The van der Waals surface area contributed by atoms with Crippen molar-refractivity contribution in [2.45, 2.75) is 6.92 Å². The summed E-state index contributed by atoms with van der Waals surface area (Å²) in [5.74, 6) is 1.10. The van der Waals surface area contributed by atoms with Gasteiger partial charge in [-0.1, -0.05) is 11.8 Å². The van der Waals surface area contributed by atoms with Crippen LogP contribution in [0.4, 0.5) is 0 Å². The molecule has 1 aromatic rings. The summed E-state index contributed by atoms with van der Waals surface area (Å²) in [6.45, 7) is 2.60. The average molecular weight is 263 g/mol. The lowest BCUT2D eigenvalue weighted by Gasteiger charge is -2.06. The van der Waals surface area contributed by atoms with Crippen molar-refractivity contribution in [1.82, 2.24) is 5.43 Å². The molecule has 94 valence electrons. The zero-order valence-electron chi connectivity index (χ0n) is 9.92. The summed E-state index contributed by atoms with van der Waals surface area (Å²) >= 11 is 1.32. The minimum Gasteiger partial charge on any atom is -0.494 e. The summed E-state index contributed by atoms with van der Waals surface area (Å²) in [6, 6.07) is 7.62. The second kappa shape index (κ2) is 6.20. The highest BCUT2D eigenvalue weighted by molar-refractivity contribution is 8.14. The topological polar surface area (TPSA) is 63.1 Å². The zero-order valence-corrected chi connectivity index (χ0v) is 10.7. The summed E-state index contributed by atoms with van der Waals surface area (Å²) in [5.41, 5.74) is 3.35. The van der Waals surface area contributed by atoms with E-state index in [0.717, 1.165) is 11.3 Å². The van der Waals surface area contributed by atoms with Crippen LogP contribution in [-0.4, -0.2) is 29.6 Å². The number of hydrazone groups is 1. The van der Waals surface area contributed by atoms with Gasteiger partial charge in [0.2, 0.25) is 5.17 Å². The Morgan fingerprint density at radius 1 is 1.50 bits per heavy atom. The third kappa shape index (κ3) is 3.59. The quantitative estimate of drug-likeness (QED) is 0.843. The van der Waals surface area contributed by atoms with E-state index in [2.05, 4.69) is 15.5 Å².